The van der Waals surface area contributed by atoms with Crippen molar-refractivity contribution >= 4 is 34.1 Å². The zero-order valence-corrected chi connectivity index (χ0v) is 16.7. The van der Waals surface area contributed by atoms with Crippen LogP contribution in [0.4, 0.5) is 5.13 Å². The third-order valence-electron chi connectivity index (χ3n) is 3.75. The Kier molecular flexibility index (Phi) is 6.06. The molecule has 3 rings (SSSR count). The fraction of sp³-hybridized carbons (Fsp3) is 0.250. The Bertz CT molecular complexity index is 883. The molecular formula is C20H21N3OS2. The van der Waals surface area contributed by atoms with Crippen LogP contribution in [0, 0.1) is 20.8 Å². The minimum Gasteiger partial charge on any atom is -0.300 e. The first-order chi connectivity index (χ1) is 12.5. The minimum absolute atomic E-state index is 0.0500. The van der Waals surface area contributed by atoms with E-state index in [0.717, 1.165) is 16.3 Å². The van der Waals surface area contributed by atoms with Crippen LogP contribution < -0.4 is 5.32 Å². The second-order valence-electron chi connectivity index (χ2n) is 6.32. The van der Waals surface area contributed by atoms with Gasteiger partial charge in [-0.3, -0.25) is 10.1 Å². The lowest BCUT2D eigenvalue weighted by Crippen LogP contribution is -2.14. The quantitative estimate of drug-likeness (QED) is 0.651. The molecule has 0 spiro atoms. The Balaban J connectivity index is 1.51. The van der Waals surface area contributed by atoms with E-state index in [1.54, 1.807) is 11.8 Å². The number of anilines is 1. The number of rotatable bonds is 6. The topological polar surface area (TPSA) is 54.9 Å². The zero-order valence-electron chi connectivity index (χ0n) is 15.1. The van der Waals surface area contributed by atoms with Gasteiger partial charge in [0.2, 0.25) is 11.0 Å². The summed E-state index contributed by atoms with van der Waals surface area (Å²) < 4.78 is 0. The van der Waals surface area contributed by atoms with Crippen molar-refractivity contribution in [2.75, 3.05) is 11.1 Å². The number of thioether (sulfide) groups is 1. The van der Waals surface area contributed by atoms with Gasteiger partial charge < -0.3 is 0 Å². The van der Waals surface area contributed by atoms with Crippen molar-refractivity contribution in [2.45, 2.75) is 26.5 Å². The molecule has 4 nitrogen and oxygen atoms in total. The number of amides is 1. The van der Waals surface area contributed by atoms with E-state index in [-0.39, 0.29) is 5.91 Å². The zero-order chi connectivity index (χ0) is 18.5. The molecule has 1 N–H and O–H groups in total. The minimum atomic E-state index is -0.0500. The number of hydrogen-bond donors (Lipinski definition) is 1. The van der Waals surface area contributed by atoms with Gasteiger partial charge in [-0.25, -0.2) is 0 Å². The maximum absolute atomic E-state index is 12.1. The molecule has 0 saturated carbocycles. The predicted octanol–water partition coefficient (Wildman–Crippen LogP) is 5.00. The van der Waals surface area contributed by atoms with Crippen LogP contribution >= 0.6 is 23.1 Å². The van der Waals surface area contributed by atoms with Crippen LogP contribution in [0.1, 0.15) is 22.3 Å². The molecule has 0 aliphatic rings. The normalized spacial score (nSPS) is 10.7. The number of nitrogens with zero attached hydrogens (tertiary/aromatic N) is 2. The summed E-state index contributed by atoms with van der Waals surface area (Å²) in [5.41, 5.74) is 5.97. The summed E-state index contributed by atoms with van der Waals surface area (Å²) in [5, 5.41) is 12.4. The molecular weight excluding hydrogens is 362 g/mol. The monoisotopic (exact) mass is 383 g/mol. The number of aryl methyl sites for hydroxylation is 3. The maximum Gasteiger partial charge on any atom is 0.236 e. The van der Waals surface area contributed by atoms with Gasteiger partial charge >= 0.3 is 0 Å². The van der Waals surface area contributed by atoms with E-state index in [1.165, 1.54) is 33.6 Å². The maximum atomic E-state index is 12.1. The molecule has 3 aromatic rings. The fourth-order valence-electron chi connectivity index (χ4n) is 2.66. The van der Waals surface area contributed by atoms with Crippen molar-refractivity contribution in [1.82, 2.24) is 10.2 Å². The Morgan fingerprint density at radius 2 is 1.69 bits per heavy atom. The van der Waals surface area contributed by atoms with Crippen molar-refractivity contribution in [2.24, 2.45) is 0 Å². The Labute approximate surface area is 162 Å². The Morgan fingerprint density at radius 3 is 2.38 bits per heavy atom. The second-order valence-corrected chi connectivity index (χ2v) is 8.28. The third kappa shape index (κ3) is 5.16. The standard InChI is InChI=1S/C20H21N3OS2/c1-13-4-6-17(7-5-13)19-22-23-20(26-19)21-18(24)12-25-11-16-9-14(2)8-15(3)10-16/h4-10H,11-12H2,1-3H3,(H,21,23,24). The van der Waals surface area contributed by atoms with Crippen LogP contribution in [0.5, 0.6) is 0 Å². The van der Waals surface area contributed by atoms with Gasteiger partial charge in [0.05, 0.1) is 5.75 Å². The molecule has 0 bridgehead atoms. The van der Waals surface area contributed by atoms with E-state index in [2.05, 4.69) is 47.6 Å². The van der Waals surface area contributed by atoms with E-state index in [4.69, 9.17) is 0 Å². The number of nitrogens with one attached hydrogen (secondary N) is 1. The molecule has 0 fully saturated rings. The summed E-state index contributed by atoms with van der Waals surface area (Å²) in [6.45, 7) is 6.23. The summed E-state index contributed by atoms with van der Waals surface area (Å²) in [6.07, 6.45) is 0. The van der Waals surface area contributed by atoms with Crippen molar-refractivity contribution in [3.8, 4) is 10.6 Å². The summed E-state index contributed by atoms with van der Waals surface area (Å²) in [5.74, 6) is 1.17. The lowest BCUT2D eigenvalue weighted by atomic mass is 10.1. The van der Waals surface area contributed by atoms with Gasteiger partial charge in [0, 0.05) is 11.3 Å². The highest BCUT2D eigenvalue weighted by atomic mass is 32.2. The largest absolute Gasteiger partial charge is 0.300 e. The molecule has 0 unspecified atom stereocenters. The van der Waals surface area contributed by atoms with Gasteiger partial charge in [-0.15, -0.1) is 22.0 Å². The van der Waals surface area contributed by atoms with Gasteiger partial charge in [-0.1, -0.05) is 70.5 Å². The fourth-order valence-corrected chi connectivity index (χ4v) is 4.18. The average molecular weight is 384 g/mol. The summed E-state index contributed by atoms with van der Waals surface area (Å²) >= 11 is 2.99. The third-order valence-corrected chi connectivity index (χ3v) is 5.64. The summed E-state index contributed by atoms with van der Waals surface area (Å²) in [6, 6.07) is 14.6. The van der Waals surface area contributed by atoms with Crippen molar-refractivity contribution < 1.29 is 4.79 Å². The SMILES string of the molecule is Cc1ccc(-c2nnc(NC(=O)CSCc3cc(C)cc(C)c3)s2)cc1. The van der Waals surface area contributed by atoms with E-state index in [0.29, 0.717) is 10.9 Å². The summed E-state index contributed by atoms with van der Waals surface area (Å²) in [4.78, 5) is 12.1. The number of benzene rings is 2. The molecule has 2 aromatic carbocycles. The van der Waals surface area contributed by atoms with E-state index >= 15 is 0 Å². The van der Waals surface area contributed by atoms with Gasteiger partial charge in [-0.05, 0) is 26.3 Å². The molecule has 1 heterocycles. The average Bonchev–Trinajstić information content (AvgIpc) is 3.03. The molecule has 6 heteroatoms. The van der Waals surface area contributed by atoms with Crippen LogP contribution in [0.2, 0.25) is 0 Å². The molecule has 1 aromatic heterocycles. The van der Waals surface area contributed by atoms with E-state index in [1.807, 2.05) is 31.2 Å². The number of carbonyl (C=O) groups is 1. The van der Waals surface area contributed by atoms with E-state index < -0.39 is 0 Å². The molecule has 0 aliphatic carbocycles. The van der Waals surface area contributed by atoms with Crippen LogP contribution in [0.15, 0.2) is 42.5 Å². The molecule has 0 atom stereocenters. The van der Waals surface area contributed by atoms with Crippen LogP contribution in [-0.4, -0.2) is 21.9 Å². The lowest BCUT2D eigenvalue weighted by Gasteiger charge is -2.05. The number of carbonyl (C=O) groups excluding carboxylic acids is 1. The Morgan fingerprint density at radius 1 is 1.00 bits per heavy atom. The second kappa shape index (κ2) is 8.47. The predicted molar refractivity (Wildman–Crippen MR) is 111 cm³/mol. The molecule has 0 aliphatic heterocycles. The van der Waals surface area contributed by atoms with Crippen LogP contribution in [0.25, 0.3) is 10.6 Å². The van der Waals surface area contributed by atoms with Crippen molar-refractivity contribution in [3.63, 3.8) is 0 Å². The lowest BCUT2D eigenvalue weighted by molar-refractivity contribution is -0.113. The molecule has 134 valence electrons. The van der Waals surface area contributed by atoms with Crippen molar-refractivity contribution in [1.29, 1.82) is 0 Å². The highest BCUT2D eigenvalue weighted by Crippen LogP contribution is 2.26. The first-order valence-electron chi connectivity index (χ1n) is 8.35. The molecule has 0 radical (unpaired) electrons. The van der Waals surface area contributed by atoms with Crippen molar-refractivity contribution in [3.05, 3.63) is 64.7 Å². The smallest absolute Gasteiger partial charge is 0.236 e. The van der Waals surface area contributed by atoms with Gasteiger partial charge in [0.25, 0.3) is 0 Å². The van der Waals surface area contributed by atoms with Gasteiger partial charge in [0.15, 0.2) is 0 Å². The number of hydrogen-bond acceptors (Lipinski definition) is 5. The van der Waals surface area contributed by atoms with Gasteiger partial charge in [-0.2, -0.15) is 0 Å². The number of aromatic nitrogens is 2. The van der Waals surface area contributed by atoms with Gasteiger partial charge in [0.1, 0.15) is 5.01 Å². The summed E-state index contributed by atoms with van der Waals surface area (Å²) in [7, 11) is 0. The first kappa shape index (κ1) is 18.6. The molecule has 1 amide bonds. The molecule has 26 heavy (non-hydrogen) atoms. The Hall–Kier alpha value is -2.18. The van der Waals surface area contributed by atoms with Crippen LogP contribution in [0.3, 0.4) is 0 Å². The highest BCUT2D eigenvalue weighted by molar-refractivity contribution is 7.99. The van der Waals surface area contributed by atoms with E-state index in [9.17, 15) is 4.79 Å². The first-order valence-corrected chi connectivity index (χ1v) is 10.3. The highest BCUT2D eigenvalue weighted by Gasteiger charge is 2.10. The van der Waals surface area contributed by atoms with Crippen LogP contribution in [-0.2, 0) is 10.5 Å². The molecule has 0 saturated heterocycles.